The van der Waals surface area contributed by atoms with Crippen molar-refractivity contribution in [3.8, 4) is 0 Å². The number of hydrogen-bond donors (Lipinski definition) is 2. The molecule has 1 amide bonds. The molecule has 0 atom stereocenters. The molecule has 4 rings (SSSR count). The number of anilines is 1. The second-order valence-electron chi connectivity index (χ2n) is 4.78. The first-order valence-electron chi connectivity index (χ1n) is 6.62. The number of carbonyl (C=O) groups excluding carboxylic acids is 1. The fourth-order valence-corrected chi connectivity index (χ4v) is 4.73. The molecule has 0 saturated carbocycles. The average Bonchev–Trinajstić information content (AvgIpc) is 3.07. The fourth-order valence-electron chi connectivity index (χ4n) is 2.31. The maximum absolute atomic E-state index is 12.3. The number of aromatic amines is 1. The Bertz CT molecular complexity index is 1060. The normalized spacial score (nSPS) is 11.1. The van der Waals surface area contributed by atoms with Crippen LogP contribution >= 0.6 is 22.7 Å². The van der Waals surface area contributed by atoms with Gasteiger partial charge in [-0.25, -0.2) is 0 Å². The minimum absolute atomic E-state index is 0.212. The standard InChI is InChI=1S/C16H10N2O2S2/c19-11-5-6-17-8-10(11)18-16(20)14-7-13-15(22-14)9-3-1-2-4-12(9)21-13/h1-8H,(H,17,19)(H,18,20). The van der Waals surface area contributed by atoms with Gasteiger partial charge in [0.15, 0.2) is 0 Å². The molecule has 0 saturated heterocycles. The van der Waals surface area contributed by atoms with E-state index in [4.69, 9.17) is 0 Å². The molecule has 4 nitrogen and oxygen atoms in total. The van der Waals surface area contributed by atoms with Crippen molar-refractivity contribution in [1.82, 2.24) is 4.98 Å². The molecule has 0 spiro atoms. The van der Waals surface area contributed by atoms with E-state index in [0.717, 1.165) is 9.40 Å². The van der Waals surface area contributed by atoms with Crippen molar-refractivity contribution >= 4 is 53.8 Å². The average molecular weight is 326 g/mol. The Morgan fingerprint density at radius 1 is 1.09 bits per heavy atom. The van der Waals surface area contributed by atoms with E-state index in [0.29, 0.717) is 4.88 Å². The maximum Gasteiger partial charge on any atom is 0.265 e. The molecule has 0 unspecified atom stereocenters. The van der Waals surface area contributed by atoms with Crippen LogP contribution in [0.1, 0.15) is 9.67 Å². The molecule has 0 aliphatic rings. The Morgan fingerprint density at radius 3 is 2.82 bits per heavy atom. The van der Waals surface area contributed by atoms with Crippen LogP contribution in [0.15, 0.2) is 53.6 Å². The number of benzene rings is 1. The van der Waals surface area contributed by atoms with Crippen LogP contribution in [-0.4, -0.2) is 10.9 Å². The van der Waals surface area contributed by atoms with Crippen molar-refractivity contribution in [1.29, 1.82) is 0 Å². The summed E-state index contributed by atoms with van der Waals surface area (Å²) in [6, 6.07) is 11.4. The molecule has 4 aromatic rings. The Morgan fingerprint density at radius 2 is 1.95 bits per heavy atom. The molecule has 3 heterocycles. The summed E-state index contributed by atoms with van der Waals surface area (Å²) in [6.45, 7) is 0. The number of nitrogens with one attached hydrogen (secondary N) is 2. The molecule has 0 bridgehead atoms. The minimum atomic E-state index is -0.255. The zero-order chi connectivity index (χ0) is 15.1. The third kappa shape index (κ3) is 2.13. The Balaban J connectivity index is 1.73. The van der Waals surface area contributed by atoms with Crippen molar-refractivity contribution in [3.05, 3.63) is 63.9 Å². The number of hydrogen-bond acceptors (Lipinski definition) is 4. The molecule has 6 heteroatoms. The predicted octanol–water partition coefficient (Wildman–Crippen LogP) is 4.06. The second kappa shape index (κ2) is 5.08. The number of thiophene rings is 2. The zero-order valence-corrected chi connectivity index (χ0v) is 12.9. The van der Waals surface area contributed by atoms with Crippen molar-refractivity contribution in [2.75, 3.05) is 5.32 Å². The van der Waals surface area contributed by atoms with Gasteiger partial charge in [0.2, 0.25) is 5.43 Å². The number of aromatic nitrogens is 1. The van der Waals surface area contributed by atoms with Gasteiger partial charge < -0.3 is 10.3 Å². The zero-order valence-electron chi connectivity index (χ0n) is 11.3. The highest BCUT2D eigenvalue weighted by atomic mass is 32.1. The highest BCUT2D eigenvalue weighted by Crippen LogP contribution is 2.39. The van der Waals surface area contributed by atoms with E-state index < -0.39 is 0 Å². The van der Waals surface area contributed by atoms with E-state index in [1.165, 1.54) is 39.9 Å². The highest BCUT2D eigenvalue weighted by molar-refractivity contribution is 7.33. The van der Waals surface area contributed by atoms with Crippen molar-refractivity contribution in [2.45, 2.75) is 0 Å². The van der Waals surface area contributed by atoms with Gasteiger partial charge in [-0.2, -0.15) is 0 Å². The van der Waals surface area contributed by atoms with Crippen LogP contribution in [0.2, 0.25) is 0 Å². The summed E-state index contributed by atoms with van der Waals surface area (Å²) in [5.41, 5.74) is 0.0463. The molecule has 0 radical (unpaired) electrons. The lowest BCUT2D eigenvalue weighted by atomic mass is 10.2. The quantitative estimate of drug-likeness (QED) is 0.583. The number of carbonyl (C=O) groups is 1. The SMILES string of the molecule is O=C(Nc1c[nH]ccc1=O)c1cc2sc3ccccc3c2s1. The van der Waals surface area contributed by atoms with Gasteiger partial charge in [0.1, 0.15) is 5.69 Å². The molecule has 22 heavy (non-hydrogen) atoms. The van der Waals surface area contributed by atoms with Crippen molar-refractivity contribution in [3.63, 3.8) is 0 Å². The van der Waals surface area contributed by atoms with Gasteiger partial charge in [-0.1, -0.05) is 18.2 Å². The largest absolute Gasteiger partial charge is 0.366 e. The van der Waals surface area contributed by atoms with Crippen LogP contribution < -0.4 is 10.7 Å². The van der Waals surface area contributed by atoms with Gasteiger partial charge in [-0.15, -0.1) is 22.7 Å². The number of rotatable bonds is 2. The minimum Gasteiger partial charge on any atom is -0.366 e. The van der Waals surface area contributed by atoms with Gasteiger partial charge in [0, 0.05) is 33.2 Å². The molecular weight excluding hydrogens is 316 g/mol. The molecule has 0 aliphatic carbocycles. The van der Waals surface area contributed by atoms with E-state index in [-0.39, 0.29) is 17.0 Å². The molecule has 0 aliphatic heterocycles. The van der Waals surface area contributed by atoms with E-state index in [2.05, 4.69) is 22.4 Å². The number of H-pyrrole nitrogens is 1. The van der Waals surface area contributed by atoms with Crippen LogP contribution in [-0.2, 0) is 0 Å². The topological polar surface area (TPSA) is 62.0 Å². The van der Waals surface area contributed by atoms with Crippen molar-refractivity contribution < 1.29 is 4.79 Å². The molecule has 3 aromatic heterocycles. The number of amides is 1. The summed E-state index contributed by atoms with van der Waals surface area (Å²) in [5, 5.41) is 3.83. The lowest BCUT2D eigenvalue weighted by molar-refractivity contribution is 0.103. The monoisotopic (exact) mass is 326 g/mol. The van der Waals surface area contributed by atoms with Gasteiger partial charge in [-0.3, -0.25) is 9.59 Å². The second-order valence-corrected chi connectivity index (χ2v) is 6.91. The summed E-state index contributed by atoms with van der Waals surface area (Å²) >= 11 is 3.12. The van der Waals surface area contributed by atoms with Gasteiger partial charge in [0.25, 0.3) is 5.91 Å². The first-order chi connectivity index (χ1) is 10.7. The summed E-state index contributed by atoms with van der Waals surface area (Å²) in [4.78, 5) is 27.4. The molecule has 1 aromatic carbocycles. The third-order valence-electron chi connectivity index (χ3n) is 3.35. The predicted molar refractivity (Wildman–Crippen MR) is 92.2 cm³/mol. The Kier molecular flexibility index (Phi) is 3.06. The van der Waals surface area contributed by atoms with Gasteiger partial charge >= 0.3 is 0 Å². The van der Waals surface area contributed by atoms with Crippen LogP contribution in [0.25, 0.3) is 19.5 Å². The summed E-state index contributed by atoms with van der Waals surface area (Å²) in [5.74, 6) is -0.255. The summed E-state index contributed by atoms with van der Waals surface area (Å²) < 4.78 is 3.43. The Hall–Kier alpha value is -2.44. The number of pyridine rings is 1. The van der Waals surface area contributed by atoms with Gasteiger partial charge in [-0.05, 0) is 12.1 Å². The van der Waals surface area contributed by atoms with E-state index in [1.807, 2.05) is 18.2 Å². The van der Waals surface area contributed by atoms with E-state index >= 15 is 0 Å². The van der Waals surface area contributed by atoms with Crippen LogP contribution in [0.3, 0.4) is 0 Å². The highest BCUT2D eigenvalue weighted by Gasteiger charge is 2.15. The van der Waals surface area contributed by atoms with Crippen LogP contribution in [0.4, 0.5) is 5.69 Å². The maximum atomic E-state index is 12.3. The Labute approximate surface area is 133 Å². The van der Waals surface area contributed by atoms with E-state index in [9.17, 15) is 9.59 Å². The summed E-state index contributed by atoms with van der Waals surface area (Å²) in [7, 11) is 0. The third-order valence-corrected chi connectivity index (χ3v) is 5.76. The van der Waals surface area contributed by atoms with E-state index in [1.54, 1.807) is 11.3 Å². The van der Waals surface area contributed by atoms with Gasteiger partial charge in [0.05, 0.1) is 9.58 Å². The first kappa shape index (κ1) is 13.2. The lowest BCUT2D eigenvalue weighted by Gasteiger charge is -2.01. The lowest BCUT2D eigenvalue weighted by Crippen LogP contribution is -2.16. The van der Waals surface area contributed by atoms with Crippen molar-refractivity contribution in [2.24, 2.45) is 0 Å². The molecule has 2 N–H and O–H groups in total. The molecular formula is C16H10N2O2S2. The first-order valence-corrected chi connectivity index (χ1v) is 8.25. The molecule has 108 valence electrons. The molecule has 0 fully saturated rings. The number of fused-ring (bicyclic) bond motifs is 3. The smallest absolute Gasteiger partial charge is 0.265 e. The summed E-state index contributed by atoms with van der Waals surface area (Å²) in [6.07, 6.45) is 3.02. The van der Waals surface area contributed by atoms with Crippen LogP contribution in [0.5, 0.6) is 0 Å². The van der Waals surface area contributed by atoms with Crippen LogP contribution in [0, 0.1) is 0 Å². The fraction of sp³-hybridized carbons (Fsp3) is 0.